The second-order valence-electron chi connectivity index (χ2n) is 7.10. The van der Waals surface area contributed by atoms with Gasteiger partial charge in [0.05, 0.1) is 4.90 Å². The molecule has 3 N–H and O–H groups in total. The van der Waals surface area contributed by atoms with Crippen LogP contribution in [0.15, 0.2) is 40.7 Å². The highest BCUT2D eigenvalue weighted by atomic mass is 32.2. The Balaban J connectivity index is 1.46. The number of amides is 2. The van der Waals surface area contributed by atoms with E-state index in [-0.39, 0.29) is 28.5 Å². The van der Waals surface area contributed by atoms with E-state index in [0.717, 1.165) is 25.7 Å². The van der Waals surface area contributed by atoms with Crippen LogP contribution in [0.1, 0.15) is 32.6 Å². The number of hydrogen-bond donors (Lipinski definition) is 3. The average molecular weight is 437 g/mol. The molecular weight excluding hydrogens is 412 g/mol. The molecule has 1 saturated carbocycles. The summed E-state index contributed by atoms with van der Waals surface area (Å²) < 4.78 is 27.6. The molecule has 0 atom stereocenters. The first-order valence-electron chi connectivity index (χ1n) is 9.41. The number of benzene rings is 1. The monoisotopic (exact) mass is 436 g/mol. The highest BCUT2D eigenvalue weighted by molar-refractivity contribution is 7.89. The topological polar surface area (TPSA) is 117 Å². The second-order valence-corrected chi connectivity index (χ2v) is 9.76. The average Bonchev–Trinajstić information content (AvgIpc) is 3.20. The minimum absolute atomic E-state index is 0.0155. The van der Waals surface area contributed by atoms with Crippen molar-refractivity contribution in [2.75, 3.05) is 17.2 Å². The number of carbonyl (C=O) groups is 2. The highest BCUT2D eigenvalue weighted by Gasteiger charge is 2.27. The summed E-state index contributed by atoms with van der Waals surface area (Å²) in [5.74, 6) is -0.0895. The molecule has 156 valence electrons. The predicted octanol–water partition coefficient (Wildman–Crippen LogP) is 2.82. The van der Waals surface area contributed by atoms with Crippen LogP contribution in [0.4, 0.5) is 10.8 Å². The van der Waals surface area contributed by atoms with E-state index in [2.05, 4.69) is 20.3 Å². The first kappa shape index (κ1) is 21.4. The summed E-state index contributed by atoms with van der Waals surface area (Å²) in [6, 6.07) is 6.05. The maximum absolute atomic E-state index is 12.5. The van der Waals surface area contributed by atoms with Crippen LogP contribution in [0.25, 0.3) is 0 Å². The van der Waals surface area contributed by atoms with Gasteiger partial charge in [0.2, 0.25) is 21.8 Å². The quantitative estimate of drug-likeness (QED) is 0.617. The Morgan fingerprint density at radius 1 is 1.10 bits per heavy atom. The zero-order valence-electron chi connectivity index (χ0n) is 16.1. The molecule has 0 radical (unpaired) electrons. The van der Waals surface area contributed by atoms with Gasteiger partial charge in [-0.15, -0.1) is 11.3 Å². The molecule has 8 nitrogen and oxygen atoms in total. The number of anilines is 2. The van der Waals surface area contributed by atoms with Crippen molar-refractivity contribution in [3.05, 3.63) is 35.8 Å². The third-order valence-corrected chi connectivity index (χ3v) is 7.06. The Morgan fingerprint density at radius 2 is 1.79 bits per heavy atom. The van der Waals surface area contributed by atoms with Gasteiger partial charge < -0.3 is 10.6 Å². The first-order chi connectivity index (χ1) is 13.8. The van der Waals surface area contributed by atoms with Gasteiger partial charge in [-0.05, 0) is 55.9 Å². The van der Waals surface area contributed by atoms with Crippen LogP contribution in [-0.4, -0.2) is 31.8 Å². The summed E-state index contributed by atoms with van der Waals surface area (Å²) in [7, 11) is -3.62. The Kier molecular flexibility index (Phi) is 6.99. The number of aromatic nitrogens is 1. The van der Waals surface area contributed by atoms with Gasteiger partial charge in [-0.2, -0.15) is 0 Å². The van der Waals surface area contributed by atoms with Crippen molar-refractivity contribution in [2.24, 2.45) is 11.8 Å². The lowest BCUT2D eigenvalue weighted by Gasteiger charge is -2.27. The second kappa shape index (κ2) is 9.47. The van der Waals surface area contributed by atoms with Gasteiger partial charge in [0.25, 0.3) is 0 Å². The fourth-order valence-electron chi connectivity index (χ4n) is 3.35. The Morgan fingerprint density at radius 3 is 2.38 bits per heavy atom. The van der Waals surface area contributed by atoms with E-state index in [0.29, 0.717) is 17.4 Å². The van der Waals surface area contributed by atoms with Crippen LogP contribution < -0.4 is 15.4 Å². The van der Waals surface area contributed by atoms with E-state index in [1.807, 2.05) is 5.38 Å². The maximum atomic E-state index is 12.5. The van der Waals surface area contributed by atoms with Gasteiger partial charge in [0.15, 0.2) is 5.13 Å². The third-order valence-electron chi connectivity index (χ3n) is 4.93. The van der Waals surface area contributed by atoms with Crippen molar-refractivity contribution in [3.63, 3.8) is 0 Å². The minimum Gasteiger partial charge on any atom is -0.326 e. The molecule has 3 rings (SSSR count). The molecule has 1 aliphatic rings. The predicted molar refractivity (Wildman–Crippen MR) is 112 cm³/mol. The van der Waals surface area contributed by atoms with E-state index < -0.39 is 10.0 Å². The summed E-state index contributed by atoms with van der Waals surface area (Å²) in [4.78, 5) is 27.5. The number of thiazole rings is 1. The van der Waals surface area contributed by atoms with Crippen molar-refractivity contribution in [1.82, 2.24) is 9.71 Å². The third kappa shape index (κ3) is 6.09. The van der Waals surface area contributed by atoms with Crippen molar-refractivity contribution < 1.29 is 18.0 Å². The first-order valence-corrected chi connectivity index (χ1v) is 11.8. The van der Waals surface area contributed by atoms with Crippen molar-refractivity contribution >= 4 is 44.0 Å². The number of nitrogens with one attached hydrogen (secondary N) is 3. The number of rotatable bonds is 7. The molecular formula is C19H24N4O4S2. The fraction of sp³-hybridized carbons (Fsp3) is 0.421. The van der Waals surface area contributed by atoms with E-state index in [1.54, 1.807) is 18.3 Å². The van der Waals surface area contributed by atoms with Crippen LogP contribution >= 0.6 is 11.3 Å². The van der Waals surface area contributed by atoms with Gasteiger partial charge in [0.1, 0.15) is 0 Å². The Bertz CT molecular complexity index is 935. The van der Waals surface area contributed by atoms with E-state index >= 15 is 0 Å². The number of nitrogens with zero attached hydrogens (tertiary/aromatic N) is 1. The van der Waals surface area contributed by atoms with E-state index in [1.165, 1.54) is 30.4 Å². The molecule has 2 aromatic rings. The van der Waals surface area contributed by atoms with Crippen LogP contribution in [0.3, 0.4) is 0 Å². The molecule has 0 aliphatic heterocycles. The molecule has 0 bridgehead atoms. The summed E-state index contributed by atoms with van der Waals surface area (Å²) in [6.07, 6.45) is 4.70. The molecule has 1 fully saturated rings. The lowest BCUT2D eigenvalue weighted by atomic mass is 9.81. The number of sulfonamides is 1. The molecule has 1 aliphatic carbocycles. The normalized spacial score (nSPS) is 19.5. The van der Waals surface area contributed by atoms with Crippen LogP contribution in [0.5, 0.6) is 0 Å². The molecule has 10 heteroatoms. The summed E-state index contributed by atoms with van der Waals surface area (Å²) in [5.41, 5.74) is 0.547. The summed E-state index contributed by atoms with van der Waals surface area (Å²) in [6.45, 7) is 1.74. The smallest absolute Gasteiger partial charge is 0.240 e. The molecule has 1 heterocycles. The van der Waals surface area contributed by atoms with Crippen LogP contribution in [-0.2, 0) is 19.6 Å². The SMILES string of the molecule is CC(=O)Nc1ccc(S(=O)(=O)NCC2CCC(C(=O)Nc3nccs3)CC2)cc1. The zero-order valence-corrected chi connectivity index (χ0v) is 17.7. The van der Waals surface area contributed by atoms with Crippen LogP contribution in [0.2, 0.25) is 0 Å². The fourth-order valence-corrected chi connectivity index (χ4v) is 5.00. The van der Waals surface area contributed by atoms with Crippen molar-refractivity contribution in [2.45, 2.75) is 37.5 Å². The number of hydrogen-bond acceptors (Lipinski definition) is 6. The summed E-state index contributed by atoms with van der Waals surface area (Å²) >= 11 is 1.39. The van der Waals surface area contributed by atoms with Gasteiger partial charge >= 0.3 is 0 Å². The van der Waals surface area contributed by atoms with Gasteiger partial charge in [-0.25, -0.2) is 18.1 Å². The largest absolute Gasteiger partial charge is 0.326 e. The molecule has 1 aromatic carbocycles. The minimum atomic E-state index is -3.62. The van der Waals surface area contributed by atoms with Gasteiger partial charge in [-0.3, -0.25) is 9.59 Å². The zero-order chi connectivity index (χ0) is 20.9. The Hall–Kier alpha value is -2.30. The van der Waals surface area contributed by atoms with Gasteiger partial charge in [0, 0.05) is 36.7 Å². The molecule has 29 heavy (non-hydrogen) atoms. The lowest BCUT2D eigenvalue weighted by Crippen LogP contribution is -2.33. The highest BCUT2D eigenvalue weighted by Crippen LogP contribution is 2.30. The molecule has 1 aromatic heterocycles. The maximum Gasteiger partial charge on any atom is 0.240 e. The molecule has 0 saturated heterocycles. The van der Waals surface area contributed by atoms with E-state index in [4.69, 9.17) is 0 Å². The molecule has 0 unspecified atom stereocenters. The van der Waals surface area contributed by atoms with Crippen molar-refractivity contribution in [3.8, 4) is 0 Å². The lowest BCUT2D eigenvalue weighted by molar-refractivity contribution is -0.121. The summed E-state index contributed by atoms with van der Waals surface area (Å²) in [5, 5.41) is 7.85. The Labute approximate surface area is 174 Å². The van der Waals surface area contributed by atoms with Gasteiger partial charge in [-0.1, -0.05) is 0 Å². The van der Waals surface area contributed by atoms with Crippen LogP contribution in [0, 0.1) is 11.8 Å². The standard InChI is InChI=1S/C19H24N4O4S2/c1-13(24)22-16-6-8-17(9-7-16)29(26,27)21-12-14-2-4-15(5-3-14)18(25)23-19-20-10-11-28-19/h6-11,14-15,21H,2-5,12H2,1H3,(H,22,24)(H,20,23,25). The molecule has 0 spiro atoms. The van der Waals surface area contributed by atoms with Crippen molar-refractivity contribution in [1.29, 1.82) is 0 Å². The number of carbonyl (C=O) groups excluding carboxylic acids is 2. The molecule has 2 amide bonds. The van der Waals surface area contributed by atoms with E-state index in [9.17, 15) is 18.0 Å².